The topological polar surface area (TPSA) is 17.8 Å². The molecule has 0 amide bonds. The highest BCUT2D eigenvalue weighted by Gasteiger charge is 2.35. The fourth-order valence-corrected chi connectivity index (χ4v) is 1.87. The molecule has 0 saturated carbocycles. The molecule has 1 aromatic heterocycles. The van der Waals surface area contributed by atoms with Crippen molar-refractivity contribution in [3.8, 4) is 11.3 Å². The quantitative estimate of drug-likeness (QED) is 0.721. The number of nitrogens with zero attached hydrogens (tertiary/aromatic N) is 2. The smallest absolute Gasteiger partial charge is 0.263 e. The summed E-state index contributed by atoms with van der Waals surface area (Å²) in [7, 11) is 1.16. The van der Waals surface area contributed by atoms with Gasteiger partial charge < -0.3 is 0 Å². The predicted octanol–water partition coefficient (Wildman–Crippen LogP) is 4.21. The van der Waals surface area contributed by atoms with E-state index in [0.29, 0.717) is 10.2 Å². The van der Waals surface area contributed by atoms with Gasteiger partial charge in [0, 0.05) is 17.6 Å². The third-order valence-corrected chi connectivity index (χ3v) is 3.10. The Labute approximate surface area is 111 Å². The van der Waals surface area contributed by atoms with Crippen LogP contribution in [-0.2, 0) is 13.2 Å². The molecule has 0 radical (unpaired) electrons. The average molecular weight is 297 g/mol. The van der Waals surface area contributed by atoms with Gasteiger partial charge in [0.25, 0.3) is 0 Å². The van der Waals surface area contributed by atoms with Gasteiger partial charge in [0.15, 0.2) is 0 Å². The van der Waals surface area contributed by atoms with E-state index in [2.05, 4.69) is 5.10 Å². The highest BCUT2D eigenvalue weighted by atomic mass is 35.5. The number of halogens is 5. The summed E-state index contributed by atoms with van der Waals surface area (Å²) in [4.78, 5) is 0. The average Bonchev–Trinajstić information content (AvgIpc) is 2.65. The molecular formula is C12H9ClF4N2. The molecule has 0 unspecified atom stereocenters. The third-order valence-electron chi connectivity index (χ3n) is 2.69. The molecule has 102 valence electrons. The first kappa shape index (κ1) is 13.9. The number of alkyl halides is 3. The maximum Gasteiger partial charge on any atom is 0.433 e. The second-order valence-corrected chi connectivity index (χ2v) is 4.52. The van der Waals surface area contributed by atoms with Crippen molar-refractivity contribution in [3.05, 3.63) is 40.3 Å². The summed E-state index contributed by atoms with van der Waals surface area (Å²) in [6.45, 7) is 1.64. The largest absolute Gasteiger partial charge is 0.433 e. The molecule has 1 heterocycles. The lowest BCUT2D eigenvalue weighted by atomic mass is 10.2. The fraction of sp³-hybridized carbons (Fsp3) is 0.250. The van der Waals surface area contributed by atoms with Crippen molar-refractivity contribution >= 4 is 11.6 Å². The molecule has 0 spiro atoms. The zero-order chi connectivity index (χ0) is 14.4. The van der Waals surface area contributed by atoms with Crippen LogP contribution in [0.1, 0.15) is 11.3 Å². The van der Waals surface area contributed by atoms with Crippen LogP contribution in [-0.4, -0.2) is 9.78 Å². The van der Waals surface area contributed by atoms with Crippen molar-refractivity contribution in [2.75, 3.05) is 0 Å². The SMILES string of the molecule is Cc1cc(-[14c]2[14cH]c(C(F)(F)F)n(C)n2)c(F)cc1Cl. The number of rotatable bonds is 1. The summed E-state index contributed by atoms with van der Waals surface area (Å²) in [6.07, 6.45) is -4.53. The highest BCUT2D eigenvalue weighted by Crippen LogP contribution is 2.33. The molecule has 7 heteroatoms. The van der Waals surface area contributed by atoms with Crippen molar-refractivity contribution in [3.63, 3.8) is 0 Å². The second-order valence-electron chi connectivity index (χ2n) is 4.12. The minimum atomic E-state index is -4.53. The predicted molar refractivity (Wildman–Crippen MR) is 63.4 cm³/mol. The van der Waals surface area contributed by atoms with Crippen LogP contribution in [0.3, 0.4) is 0 Å². The normalized spacial score (nSPS) is 11.9. The first-order chi connectivity index (χ1) is 8.70. The summed E-state index contributed by atoms with van der Waals surface area (Å²) < 4.78 is 52.4. The number of aryl methyl sites for hydroxylation is 2. The third kappa shape index (κ3) is 2.58. The van der Waals surface area contributed by atoms with Crippen LogP contribution in [0.25, 0.3) is 11.3 Å². The van der Waals surface area contributed by atoms with Gasteiger partial charge in [-0.05, 0) is 30.7 Å². The van der Waals surface area contributed by atoms with Crippen LogP contribution in [0.5, 0.6) is 0 Å². The van der Waals surface area contributed by atoms with Crippen molar-refractivity contribution in [1.29, 1.82) is 0 Å². The first-order valence-corrected chi connectivity index (χ1v) is 5.65. The Morgan fingerprint density at radius 3 is 2.53 bits per heavy atom. The van der Waals surface area contributed by atoms with E-state index >= 15 is 0 Å². The summed E-state index contributed by atoms with van der Waals surface area (Å²) in [6, 6.07) is 3.25. The number of aromatic nitrogens is 2. The maximum atomic E-state index is 13.7. The lowest BCUT2D eigenvalue weighted by Crippen LogP contribution is -2.11. The minimum absolute atomic E-state index is 0.00648. The summed E-state index contributed by atoms with van der Waals surface area (Å²) in [5.74, 6) is -0.706. The molecule has 0 atom stereocenters. The van der Waals surface area contributed by atoms with Gasteiger partial charge in [0.2, 0.25) is 0 Å². The molecule has 2 nitrogen and oxygen atoms in total. The van der Waals surface area contributed by atoms with Gasteiger partial charge in [-0.1, -0.05) is 11.6 Å². The Morgan fingerprint density at radius 1 is 1.37 bits per heavy atom. The van der Waals surface area contributed by atoms with E-state index in [-0.39, 0.29) is 16.3 Å². The molecule has 0 saturated heterocycles. The van der Waals surface area contributed by atoms with Gasteiger partial charge in [-0.3, -0.25) is 4.68 Å². The lowest BCUT2D eigenvalue weighted by Gasteiger charge is -2.04. The van der Waals surface area contributed by atoms with Crippen LogP contribution >= 0.6 is 11.6 Å². The fourth-order valence-electron chi connectivity index (χ4n) is 1.72. The van der Waals surface area contributed by atoms with E-state index in [4.69, 9.17) is 11.6 Å². The van der Waals surface area contributed by atoms with Gasteiger partial charge in [-0.2, -0.15) is 18.3 Å². The Bertz CT molecular complexity index is 631. The van der Waals surface area contributed by atoms with Gasteiger partial charge >= 0.3 is 6.18 Å². The minimum Gasteiger partial charge on any atom is -0.263 e. The molecule has 0 aliphatic heterocycles. The first-order valence-electron chi connectivity index (χ1n) is 5.27. The van der Waals surface area contributed by atoms with Crippen molar-refractivity contribution in [1.82, 2.24) is 9.78 Å². The van der Waals surface area contributed by atoms with Crippen molar-refractivity contribution in [2.24, 2.45) is 7.05 Å². The maximum absolute atomic E-state index is 13.7. The van der Waals surface area contributed by atoms with Crippen LogP contribution < -0.4 is 0 Å². The van der Waals surface area contributed by atoms with E-state index in [9.17, 15) is 17.6 Å². The molecular weight excluding hydrogens is 288 g/mol. The Balaban J connectivity index is 2.58. The Kier molecular flexibility index (Phi) is 3.30. The Morgan fingerprint density at radius 2 is 2.00 bits per heavy atom. The van der Waals surface area contributed by atoms with E-state index in [1.807, 2.05) is 0 Å². The van der Waals surface area contributed by atoms with Crippen LogP contribution in [0.2, 0.25) is 5.02 Å². The zero-order valence-electron chi connectivity index (χ0n) is 10.0. The summed E-state index contributed by atoms with van der Waals surface area (Å²) in [5, 5.41) is 3.91. The monoisotopic (exact) mass is 296 g/mol. The highest BCUT2D eigenvalue weighted by molar-refractivity contribution is 6.31. The number of hydrogen-bond donors (Lipinski definition) is 0. The molecule has 19 heavy (non-hydrogen) atoms. The molecule has 0 N–H and O–H groups in total. The van der Waals surface area contributed by atoms with Gasteiger partial charge in [0.1, 0.15) is 11.5 Å². The molecule has 0 aliphatic rings. The zero-order valence-corrected chi connectivity index (χ0v) is 10.8. The molecule has 0 fully saturated rings. The Hall–Kier alpha value is -1.56. The molecule has 0 aliphatic carbocycles. The van der Waals surface area contributed by atoms with E-state index in [1.54, 1.807) is 6.92 Å². The van der Waals surface area contributed by atoms with Crippen LogP contribution in [0.4, 0.5) is 17.6 Å². The van der Waals surface area contributed by atoms with E-state index in [1.165, 1.54) is 6.07 Å². The van der Waals surface area contributed by atoms with Crippen LogP contribution in [0, 0.1) is 12.7 Å². The molecule has 2 rings (SSSR count). The van der Waals surface area contributed by atoms with E-state index in [0.717, 1.165) is 19.2 Å². The van der Waals surface area contributed by atoms with Gasteiger partial charge in [0.05, 0.1) is 5.69 Å². The van der Waals surface area contributed by atoms with E-state index < -0.39 is 17.7 Å². The summed E-state index contributed by atoms with van der Waals surface area (Å²) in [5.41, 5.74) is -0.452. The molecule has 0 bridgehead atoms. The summed E-state index contributed by atoms with van der Waals surface area (Å²) >= 11 is 5.74. The number of hydrogen-bond acceptors (Lipinski definition) is 1. The van der Waals surface area contributed by atoms with Crippen LogP contribution in [0.15, 0.2) is 18.2 Å². The van der Waals surface area contributed by atoms with Crippen molar-refractivity contribution < 1.29 is 17.6 Å². The lowest BCUT2D eigenvalue weighted by molar-refractivity contribution is -0.143. The second kappa shape index (κ2) is 4.52. The number of benzene rings is 1. The van der Waals surface area contributed by atoms with Crippen molar-refractivity contribution in [2.45, 2.75) is 13.1 Å². The van der Waals surface area contributed by atoms with Gasteiger partial charge in [-0.15, -0.1) is 0 Å². The molecule has 1 aromatic carbocycles. The standard InChI is InChI=1S/C12H9ClF4N2/c1-6-3-7(9(14)4-8(6)13)10-5-11(12(15,16)17)19(2)18-10/h3-5H,1-2H3/i5+2,10+2. The molecule has 2 aromatic rings. The van der Waals surface area contributed by atoms with Gasteiger partial charge in [-0.25, -0.2) is 4.39 Å².